The van der Waals surface area contributed by atoms with Crippen molar-refractivity contribution in [3.8, 4) is 0 Å². The van der Waals surface area contributed by atoms with Crippen LogP contribution in [0.25, 0.3) is 0 Å². The molecule has 0 bridgehead atoms. The second kappa shape index (κ2) is 6.14. The molecule has 14 heavy (non-hydrogen) atoms. The first-order valence-electron chi connectivity index (χ1n) is 5.10. The lowest BCUT2D eigenvalue weighted by Gasteiger charge is -2.11. The molecule has 1 heterocycles. The summed E-state index contributed by atoms with van der Waals surface area (Å²) in [5.74, 6) is 0. The van der Waals surface area contributed by atoms with Gasteiger partial charge in [0.05, 0.1) is 0 Å². The van der Waals surface area contributed by atoms with E-state index in [2.05, 4.69) is 27.8 Å². The molecule has 1 aromatic heterocycles. The van der Waals surface area contributed by atoms with Crippen molar-refractivity contribution in [2.24, 2.45) is 5.73 Å². The van der Waals surface area contributed by atoms with Gasteiger partial charge in [0.25, 0.3) is 0 Å². The number of rotatable bonds is 5. The molecule has 0 fully saturated rings. The lowest BCUT2D eigenvalue weighted by Crippen LogP contribution is -2.10. The van der Waals surface area contributed by atoms with Gasteiger partial charge in [-0.1, -0.05) is 26.2 Å². The largest absolute Gasteiger partial charge is 0.324 e. The normalized spacial score (nSPS) is 12.8. The number of nitrogens with two attached hydrogens (primary N) is 1. The number of nitrogens with zero attached hydrogens (tertiary/aromatic N) is 1. The van der Waals surface area contributed by atoms with Crippen LogP contribution in [0.1, 0.15) is 44.2 Å². The number of unbranched alkanes of at least 4 members (excludes halogenated alkanes) is 2. The van der Waals surface area contributed by atoms with Gasteiger partial charge in [-0.3, -0.25) is 4.98 Å². The maximum Gasteiger partial charge on any atom is 0.0410 e. The van der Waals surface area contributed by atoms with Gasteiger partial charge in [0, 0.05) is 22.9 Å². The Labute approximate surface area is 94.0 Å². The van der Waals surface area contributed by atoms with Gasteiger partial charge < -0.3 is 5.73 Å². The molecule has 78 valence electrons. The smallest absolute Gasteiger partial charge is 0.0410 e. The second-order valence-corrected chi connectivity index (χ2v) is 4.45. The molecular formula is C11H17BrN2. The third-order valence-electron chi connectivity index (χ3n) is 2.27. The SMILES string of the molecule is CCCCC[C@H](N)c1cncc(Br)c1. The van der Waals surface area contributed by atoms with E-state index in [9.17, 15) is 0 Å². The molecular weight excluding hydrogens is 240 g/mol. The number of hydrogen-bond donors (Lipinski definition) is 1. The highest BCUT2D eigenvalue weighted by molar-refractivity contribution is 9.10. The molecule has 2 nitrogen and oxygen atoms in total. The summed E-state index contributed by atoms with van der Waals surface area (Å²) >= 11 is 3.39. The quantitative estimate of drug-likeness (QED) is 0.821. The zero-order valence-electron chi connectivity index (χ0n) is 8.54. The van der Waals surface area contributed by atoms with E-state index in [-0.39, 0.29) is 6.04 Å². The number of halogens is 1. The monoisotopic (exact) mass is 256 g/mol. The third kappa shape index (κ3) is 3.76. The van der Waals surface area contributed by atoms with Crippen LogP contribution in [0.5, 0.6) is 0 Å². The molecule has 0 radical (unpaired) electrons. The van der Waals surface area contributed by atoms with Gasteiger partial charge in [0.15, 0.2) is 0 Å². The summed E-state index contributed by atoms with van der Waals surface area (Å²) in [6, 6.07) is 2.18. The standard InChI is InChI=1S/C11H17BrN2/c1-2-3-4-5-11(13)9-6-10(12)8-14-7-9/h6-8,11H,2-5,13H2,1H3/t11-/m0/s1. The maximum absolute atomic E-state index is 6.04. The zero-order chi connectivity index (χ0) is 10.4. The minimum absolute atomic E-state index is 0.131. The first-order valence-corrected chi connectivity index (χ1v) is 5.89. The molecule has 3 heteroatoms. The summed E-state index contributed by atoms with van der Waals surface area (Å²) in [5, 5.41) is 0. The lowest BCUT2D eigenvalue weighted by atomic mass is 10.0. The van der Waals surface area contributed by atoms with Gasteiger partial charge in [-0.15, -0.1) is 0 Å². The molecule has 0 aliphatic heterocycles. The summed E-state index contributed by atoms with van der Waals surface area (Å²) in [6.45, 7) is 2.20. The summed E-state index contributed by atoms with van der Waals surface area (Å²) in [4.78, 5) is 4.11. The Bertz CT molecular complexity index is 276. The Morgan fingerprint density at radius 1 is 1.43 bits per heavy atom. The minimum atomic E-state index is 0.131. The highest BCUT2D eigenvalue weighted by Crippen LogP contribution is 2.19. The molecule has 1 rings (SSSR count). The van der Waals surface area contributed by atoms with E-state index in [0.717, 1.165) is 16.5 Å². The van der Waals surface area contributed by atoms with Crippen LogP contribution in [0.3, 0.4) is 0 Å². The Hall–Kier alpha value is -0.410. The summed E-state index contributed by atoms with van der Waals surface area (Å²) < 4.78 is 1.00. The van der Waals surface area contributed by atoms with Crippen LogP contribution in [0.4, 0.5) is 0 Å². The molecule has 1 atom stereocenters. The summed E-state index contributed by atoms with van der Waals surface area (Å²) in [7, 11) is 0. The van der Waals surface area contributed by atoms with Crippen molar-refractivity contribution in [3.05, 3.63) is 28.5 Å². The first kappa shape index (κ1) is 11.7. The van der Waals surface area contributed by atoms with E-state index >= 15 is 0 Å². The molecule has 0 aliphatic carbocycles. The van der Waals surface area contributed by atoms with E-state index in [0.29, 0.717) is 0 Å². The molecule has 0 aliphatic rings. The van der Waals surface area contributed by atoms with Gasteiger partial charge in [0.1, 0.15) is 0 Å². The molecule has 0 unspecified atom stereocenters. The van der Waals surface area contributed by atoms with Gasteiger partial charge in [-0.05, 0) is 34.0 Å². The predicted octanol–water partition coefficient (Wildman–Crippen LogP) is 3.42. The molecule has 0 amide bonds. The Balaban J connectivity index is 2.47. The fraction of sp³-hybridized carbons (Fsp3) is 0.545. The molecule has 1 aromatic rings. The molecule has 0 saturated carbocycles. The molecule has 0 saturated heterocycles. The van der Waals surface area contributed by atoms with Crippen LogP contribution in [0.15, 0.2) is 22.9 Å². The van der Waals surface area contributed by atoms with Crippen LogP contribution in [-0.4, -0.2) is 4.98 Å². The number of aromatic nitrogens is 1. The van der Waals surface area contributed by atoms with Crippen molar-refractivity contribution in [1.29, 1.82) is 0 Å². The van der Waals surface area contributed by atoms with Crippen LogP contribution in [0.2, 0.25) is 0 Å². The van der Waals surface area contributed by atoms with E-state index in [1.165, 1.54) is 19.3 Å². The van der Waals surface area contributed by atoms with E-state index in [1.54, 1.807) is 6.20 Å². The van der Waals surface area contributed by atoms with Crippen LogP contribution in [0, 0.1) is 0 Å². The van der Waals surface area contributed by atoms with Crippen molar-refractivity contribution in [1.82, 2.24) is 4.98 Å². The number of pyridine rings is 1. The number of hydrogen-bond acceptors (Lipinski definition) is 2. The van der Waals surface area contributed by atoms with E-state index < -0.39 is 0 Å². The van der Waals surface area contributed by atoms with Gasteiger partial charge in [-0.2, -0.15) is 0 Å². The minimum Gasteiger partial charge on any atom is -0.324 e. The van der Waals surface area contributed by atoms with Crippen molar-refractivity contribution < 1.29 is 0 Å². The highest BCUT2D eigenvalue weighted by Gasteiger charge is 2.05. The summed E-state index contributed by atoms with van der Waals surface area (Å²) in [6.07, 6.45) is 8.37. The predicted molar refractivity (Wildman–Crippen MR) is 63.0 cm³/mol. The summed E-state index contributed by atoms with van der Waals surface area (Å²) in [5.41, 5.74) is 7.16. The maximum atomic E-state index is 6.04. The Kier molecular flexibility index (Phi) is 5.12. The molecule has 0 aromatic carbocycles. The van der Waals surface area contributed by atoms with Crippen molar-refractivity contribution in [3.63, 3.8) is 0 Å². The first-order chi connectivity index (χ1) is 6.74. The average Bonchev–Trinajstić information content (AvgIpc) is 2.18. The average molecular weight is 257 g/mol. The van der Waals surface area contributed by atoms with Crippen molar-refractivity contribution in [2.75, 3.05) is 0 Å². The fourth-order valence-electron chi connectivity index (χ4n) is 1.41. The molecule has 2 N–H and O–H groups in total. The lowest BCUT2D eigenvalue weighted by molar-refractivity contribution is 0.580. The van der Waals surface area contributed by atoms with E-state index in [4.69, 9.17) is 5.73 Å². The van der Waals surface area contributed by atoms with Crippen molar-refractivity contribution in [2.45, 2.75) is 38.6 Å². The van der Waals surface area contributed by atoms with Gasteiger partial charge in [0.2, 0.25) is 0 Å². The third-order valence-corrected chi connectivity index (χ3v) is 2.71. The highest BCUT2D eigenvalue weighted by atomic mass is 79.9. The van der Waals surface area contributed by atoms with Gasteiger partial charge in [-0.25, -0.2) is 0 Å². The Morgan fingerprint density at radius 3 is 2.86 bits per heavy atom. The van der Waals surface area contributed by atoms with Gasteiger partial charge >= 0.3 is 0 Å². The topological polar surface area (TPSA) is 38.9 Å². The second-order valence-electron chi connectivity index (χ2n) is 3.54. The fourth-order valence-corrected chi connectivity index (χ4v) is 1.79. The Morgan fingerprint density at radius 2 is 2.21 bits per heavy atom. The zero-order valence-corrected chi connectivity index (χ0v) is 10.1. The van der Waals surface area contributed by atoms with Crippen LogP contribution < -0.4 is 5.73 Å². The van der Waals surface area contributed by atoms with E-state index in [1.807, 2.05) is 12.3 Å². The van der Waals surface area contributed by atoms with Crippen LogP contribution in [-0.2, 0) is 0 Å². The molecule has 0 spiro atoms. The van der Waals surface area contributed by atoms with Crippen LogP contribution >= 0.6 is 15.9 Å². The van der Waals surface area contributed by atoms with Crippen molar-refractivity contribution >= 4 is 15.9 Å².